The molecular formula is C18H26F4N2O. The van der Waals surface area contributed by atoms with Crippen molar-refractivity contribution in [3.63, 3.8) is 0 Å². The summed E-state index contributed by atoms with van der Waals surface area (Å²) in [5, 5.41) is 12.4. The summed E-state index contributed by atoms with van der Waals surface area (Å²) in [5.74, 6) is -1.55. The topological polar surface area (TPSA) is 45.1 Å². The number of aliphatic hydroxyl groups excluding tert-OH is 1. The van der Waals surface area contributed by atoms with Crippen molar-refractivity contribution in [2.45, 2.75) is 64.2 Å². The zero-order chi connectivity index (χ0) is 18.6. The predicted molar refractivity (Wildman–Crippen MR) is 87.5 cm³/mol. The number of alkyl halides is 3. The van der Waals surface area contributed by atoms with Crippen molar-refractivity contribution in [3.05, 3.63) is 29.3 Å². The van der Waals surface area contributed by atoms with Gasteiger partial charge in [-0.1, -0.05) is 13.8 Å². The monoisotopic (exact) mass is 362 g/mol. The Balaban J connectivity index is 2.02. The van der Waals surface area contributed by atoms with E-state index in [1.54, 1.807) is 6.07 Å². The largest absolute Gasteiger partial charge is 0.395 e. The first-order valence-electron chi connectivity index (χ1n) is 8.78. The van der Waals surface area contributed by atoms with Crippen LogP contribution in [-0.2, 0) is 6.54 Å². The van der Waals surface area contributed by atoms with Crippen LogP contribution in [-0.4, -0.2) is 28.9 Å². The molecule has 0 aliphatic heterocycles. The zero-order valence-electron chi connectivity index (χ0n) is 14.6. The first kappa shape index (κ1) is 20.1. The number of nitrogens with zero attached hydrogens (tertiary/aromatic N) is 1. The van der Waals surface area contributed by atoms with Gasteiger partial charge in [0.15, 0.2) is 0 Å². The normalized spacial score (nSPS) is 23.0. The fraction of sp³-hybridized carbons (Fsp3) is 0.722. The summed E-state index contributed by atoms with van der Waals surface area (Å²) in [6.07, 6.45) is -3.10. The SMILES string of the molecule is CC(C)[C@H](CO)NCc1nc([C@H]2CC[C@@H](C(F)(F)F)CC2)ccc1F. The third-order valence-electron chi connectivity index (χ3n) is 5.08. The van der Waals surface area contributed by atoms with Crippen molar-refractivity contribution in [2.24, 2.45) is 11.8 Å². The first-order valence-corrected chi connectivity index (χ1v) is 8.78. The highest BCUT2D eigenvalue weighted by atomic mass is 19.4. The molecule has 0 bridgehead atoms. The lowest BCUT2D eigenvalue weighted by Crippen LogP contribution is -2.37. The van der Waals surface area contributed by atoms with Crippen molar-refractivity contribution >= 4 is 0 Å². The van der Waals surface area contributed by atoms with Crippen molar-refractivity contribution in [3.8, 4) is 0 Å². The van der Waals surface area contributed by atoms with Crippen molar-refractivity contribution in [1.29, 1.82) is 0 Å². The predicted octanol–water partition coefficient (Wildman–Crippen LogP) is 4.16. The van der Waals surface area contributed by atoms with E-state index in [0.717, 1.165) is 0 Å². The molecule has 1 atom stereocenters. The number of hydrogen-bond acceptors (Lipinski definition) is 3. The van der Waals surface area contributed by atoms with E-state index in [2.05, 4.69) is 10.3 Å². The molecule has 0 radical (unpaired) electrons. The number of aromatic nitrogens is 1. The van der Waals surface area contributed by atoms with Gasteiger partial charge in [-0.05, 0) is 43.7 Å². The standard InChI is InChI=1S/C18H26F4N2O/c1-11(2)17(10-25)23-9-16-14(19)7-8-15(24-16)12-3-5-13(6-4-12)18(20,21)22/h7-8,11-13,17,23,25H,3-6,9-10H2,1-2H3/t12-,13+,17-/m0/s1. The van der Waals surface area contributed by atoms with Crippen LogP contribution in [0.2, 0.25) is 0 Å². The second-order valence-electron chi connectivity index (χ2n) is 7.17. The fourth-order valence-electron chi connectivity index (χ4n) is 3.31. The number of nitrogens with one attached hydrogen (secondary N) is 1. The Hall–Kier alpha value is -1.21. The molecule has 25 heavy (non-hydrogen) atoms. The minimum Gasteiger partial charge on any atom is -0.395 e. The average Bonchev–Trinajstić information content (AvgIpc) is 2.56. The molecule has 1 aliphatic carbocycles. The van der Waals surface area contributed by atoms with Gasteiger partial charge in [0.05, 0.1) is 18.2 Å². The molecule has 0 spiro atoms. The van der Waals surface area contributed by atoms with Gasteiger partial charge in [-0.2, -0.15) is 13.2 Å². The highest BCUT2D eigenvalue weighted by molar-refractivity contribution is 5.17. The number of rotatable bonds is 6. The van der Waals surface area contributed by atoms with Gasteiger partial charge in [0, 0.05) is 24.2 Å². The van der Waals surface area contributed by atoms with Gasteiger partial charge in [-0.15, -0.1) is 0 Å². The number of pyridine rings is 1. The van der Waals surface area contributed by atoms with Gasteiger partial charge in [0.2, 0.25) is 0 Å². The molecule has 2 N–H and O–H groups in total. The van der Waals surface area contributed by atoms with Crippen LogP contribution in [0.5, 0.6) is 0 Å². The minimum atomic E-state index is -4.13. The van der Waals surface area contributed by atoms with Gasteiger partial charge in [-0.25, -0.2) is 4.39 Å². The maximum absolute atomic E-state index is 14.0. The number of hydrogen-bond donors (Lipinski definition) is 2. The lowest BCUT2D eigenvalue weighted by molar-refractivity contribution is -0.182. The van der Waals surface area contributed by atoms with Crippen LogP contribution in [0.15, 0.2) is 12.1 Å². The Morgan fingerprint density at radius 1 is 1.20 bits per heavy atom. The highest BCUT2D eigenvalue weighted by Crippen LogP contribution is 2.42. The van der Waals surface area contributed by atoms with Crippen LogP contribution in [0.4, 0.5) is 17.6 Å². The van der Waals surface area contributed by atoms with Crippen molar-refractivity contribution in [2.75, 3.05) is 6.61 Å². The van der Waals surface area contributed by atoms with Gasteiger partial charge >= 0.3 is 6.18 Å². The summed E-state index contributed by atoms with van der Waals surface area (Å²) in [4.78, 5) is 4.35. The van der Waals surface area contributed by atoms with E-state index in [9.17, 15) is 22.7 Å². The van der Waals surface area contributed by atoms with Crippen LogP contribution in [0.25, 0.3) is 0 Å². The van der Waals surface area contributed by atoms with Crippen LogP contribution in [0, 0.1) is 17.7 Å². The Bertz CT molecular complexity index is 554. The molecule has 0 saturated heterocycles. The molecule has 1 heterocycles. The van der Waals surface area contributed by atoms with E-state index in [-0.39, 0.29) is 49.6 Å². The summed E-state index contributed by atoms with van der Waals surface area (Å²) < 4.78 is 52.3. The molecule has 1 aliphatic rings. The Morgan fingerprint density at radius 2 is 1.84 bits per heavy atom. The quantitative estimate of drug-likeness (QED) is 0.747. The molecule has 1 aromatic heterocycles. The van der Waals surface area contributed by atoms with Gasteiger partial charge in [0.1, 0.15) is 5.82 Å². The summed E-state index contributed by atoms with van der Waals surface area (Å²) >= 11 is 0. The van der Waals surface area contributed by atoms with Crippen molar-refractivity contribution in [1.82, 2.24) is 10.3 Å². The van der Waals surface area contributed by atoms with E-state index in [0.29, 0.717) is 18.5 Å². The van der Waals surface area contributed by atoms with Crippen LogP contribution in [0.1, 0.15) is 56.8 Å². The second kappa shape index (κ2) is 8.45. The fourth-order valence-corrected chi connectivity index (χ4v) is 3.31. The number of aliphatic hydroxyl groups is 1. The van der Waals surface area contributed by atoms with Gasteiger partial charge in [0.25, 0.3) is 0 Å². The summed E-state index contributed by atoms with van der Waals surface area (Å²) in [6, 6.07) is 2.74. The van der Waals surface area contributed by atoms with E-state index < -0.39 is 17.9 Å². The van der Waals surface area contributed by atoms with E-state index in [1.165, 1.54) is 6.07 Å². The molecule has 0 aromatic carbocycles. The smallest absolute Gasteiger partial charge is 0.391 e. The van der Waals surface area contributed by atoms with Crippen molar-refractivity contribution < 1.29 is 22.7 Å². The summed E-state index contributed by atoms with van der Waals surface area (Å²) in [6.45, 7) is 4.03. The molecule has 0 amide bonds. The summed E-state index contributed by atoms with van der Waals surface area (Å²) in [7, 11) is 0. The van der Waals surface area contributed by atoms with Gasteiger partial charge < -0.3 is 10.4 Å². The minimum absolute atomic E-state index is 0.0551. The molecule has 3 nitrogen and oxygen atoms in total. The Kier molecular flexibility index (Phi) is 6.79. The molecule has 1 saturated carbocycles. The van der Waals surface area contributed by atoms with E-state index in [1.807, 2.05) is 13.8 Å². The van der Waals surface area contributed by atoms with Crippen LogP contribution < -0.4 is 5.32 Å². The maximum Gasteiger partial charge on any atom is 0.391 e. The van der Waals surface area contributed by atoms with E-state index in [4.69, 9.17) is 0 Å². The molecule has 142 valence electrons. The molecule has 1 fully saturated rings. The Morgan fingerprint density at radius 3 is 2.36 bits per heavy atom. The Labute approximate surface area is 145 Å². The molecular weight excluding hydrogens is 336 g/mol. The average molecular weight is 362 g/mol. The number of halogens is 4. The summed E-state index contributed by atoms with van der Waals surface area (Å²) in [5.41, 5.74) is 0.901. The van der Waals surface area contributed by atoms with Crippen LogP contribution in [0.3, 0.4) is 0 Å². The molecule has 2 rings (SSSR count). The molecule has 1 aromatic rings. The third kappa shape index (κ3) is 5.38. The van der Waals surface area contributed by atoms with Gasteiger partial charge in [-0.3, -0.25) is 4.98 Å². The molecule has 7 heteroatoms. The highest BCUT2D eigenvalue weighted by Gasteiger charge is 2.41. The second-order valence-corrected chi connectivity index (χ2v) is 7.17. The van der Waals surface area contributed by atoms with E-state index >= 15 is 0 Å². The zero-order valence-corrected chi connectivity index (χ0v) is 14.6. The third-order valence-corrected chi connectivity index (χ3v) is 5.08. The van der Waals surface area contributed by atoms with Crippen LogP contribution >= 0.6 is 0 Å². The maximum atomic E-state index is 14.0. The molecule has 0 unspecified atom stereocenters. The lowest BCUT2D eigenvalue weighted by Gasteiger charge is -2.29. The first-order chi connectivity index (χ1) is 11.7. The lowest BCUT2D eigenvalue weighted by atomic mass is 9.80.